The maximum Gasteiger partial charge on any atom is 0.137 e. The molecule has 0 spiro atoms. The van der Waals surface area contributed by atoms with Crippen molar-refractivity contribution in [3.63, 3.8) is 0 Å². The maximum atomic E-state index is 5.86. The fourth-order valence-electron chi connectivity index (χ4n) is 3.54. The molecule has 0 aliphatic heterocycles. The highest BCUT2D eigenvalue weighted by Gasteiger charge is 2.05. The Bertz CT molecular complexity index is 406. The standard InChI is InChI=1S/C25H43BrO/c1-2-3-4-5-6-7-8-9-10-11-12-13-14-15-16-20-23-27-25(26)24-21-18-17-19-22-24/h17-19,21-22,25H,2-16,20,23H2,1H3. The molecular formula is C25H43BrO. The van der Waals surface area contributed by atoms with Crippen LogP contribution in [-0.2, 0) is 4.74 Å². The van der Waals surface area contributed by atoms with Gasteiger partial charge in [-0.15, -0.1) is 0 Å². The summed E-state index contributed by atoms with van der Waals surface area (Å²) in [6, 6.07) is 10.4. The summed E-state index contributed by atoms with van der Waals surface area (Å²) in [5, 5.41) is 0.0371. The van der Waals surface area contributed by atoms with Crippen molar-refractivity contribution in [1.82, 2.24) is 0 Å². The first kappa shape index (κ1) is 24.7. The van der Waals surface area contributed by atoms with Gasteiger partial charge in [-0.05, 0) is 12.0 Å². The van der Waals surface area contributed by atoms with E-state index in [4.69, 9.17) is 4.74 Å². The minimum Gasteiger partial charge on any atom is -0.362 e. The summed E-state index contributed by atoms with van der Waals surface area (Å²) in [5.74, 6) is 0. The van der Waals surface area contributed by atoms with Crippen molar-refractivity contribution in [1.29, 1.82) is 0 Å². The quantitative estimate of drug-likeness (QED) is 0.154. The Kier molecular flexibility index (Phi) is 17.4. The molecule has 1 nitrogen and oxygen atoms in total. The summed E-state index contributed by atoms with van der Waals surface area (Å²) < 4.78 is 5.86. The van der Waals surface area contributed by atoms with Crippen LogP contribution in [0.4, 0.5) is 0 Å². The Balaban J connectivity index is 1.74. The number of ether oxygens (including phenoxy) is 1. The molecule has 0 saturated carbocycles. The van der Waals surface area contributed by atoms with E-state index in [2.05, 4.69) is 47.1 Å². The summed E-state index contributed by atoms with van der Waals surface area (Å²) in [7, 11) is 0. The molecule has 0 amide bonds. The fourth-order valence-corrected chi connectivity index (χ4v) is 4.03. The van der Waals surface area contributed by atoms with Gasteiger partial charge in [-0.3, -0.25) is 0 Å². The lowest BCUT2D eigenvalue weighted by molar-refractivity contribution is 0.114. The van der Waals surface area contributed by atoms with Crippen LogP contribution in [0.3, 0.4) is 0 Å². The Labute approximate surface area is 177 Å². The summed E-state index contributed by atoms with van der Waals surface area (Å²) in [6.07, 6.45) is 22.5. The number of alkyl halides is 1. The third-order valence-corrected chi connectivity index (χ3v) is 6.12. The average Bonchev–Trinajstić information content (AvgIpc) is 2.70. The zero-order valence-corrected chi connectivity index (χ0v) is 19.4. The first-order chi connectivity index (χ1) is 13.3. The van der Waals surface area contributed by atoms with Crippen LogP contribution in [-0.4, -0.2) is 6.61 Å². The smallest absolute Gasteiger partial charge is 0.137 e. The van der Waals surface area contributed by atoms with Gasteiger partial charge in [0.05, 0.1) is 0 Å². The first-order valence-corrected chi connectivity index (χ1v) is 12.6. The normalized spacial score (nSPS) is 12.4. The second kappa shape index (κ2) is 19.0. The summed E-state index contributed by atoms with van der Waals surface area (Å²) in [5.41, 5.74) is 1.20. The molecule has 0 aromatic heterocycles. The van der Waals surface area contributed by atoms with Crippen molar-refractivity contribution in [3.8, 4) is 0 Å². The Morgan fingerprint density at radius 3 is 1.48 bits per heavy atom. The van der Waals surface area contributed by atoms with Crippen molar-refractivity contribution in [3.05, 3.63) is 35.9 Å². The third-order valence-electron chi connectivity index (χ3n) is 5.32. The summed E-state index contributed by atoms with van der Waals surface area (Å²) in [6.45, 7) is 3.14. The van der Waals surface area contributed by atoms with Crippen molar-refractivity contribution >= 4 is 15.9 Å². The Morgan fingerprint density at radius 2 is 1.04 bits per heavy atom. The van der Waals surface area contributed by atoms with Gasteiger partial charge in [0.1, 0.15) is 5.01 Å². The molecule has 0 fully saturated rings. The predicted molar refractivity (Wildman–Crippen MR) is 124 cm³/mol. The largest absolute Gasteiger partial charge is 0.362 e. The predicted octanol–water partition coefficient (Wildman–Crippen LogP) is 9.36. The second-order valence-electron chi connectivity index (χ2n) is 7.90. The topological polar surface area (TPSA) is 9.23 Å². The number of unbranched alkanes of at least 4 members (excludes halogenated alkanes) is 15. The molecule has 0 N–H and O–H groups in total. The number of rotatable bonds is 19. The van der Waals surface area contributed by atoms with Crippen LogP contribution in [0, 0.1) is 0 Å². The van der Waals surface area contributed by atoms with E-state index in [9.17, 15) is 0 Å². The molecule has 2 heteroatoms. The molecule has 156 valence electrons. The summed E-state index contributed by atoms with van der Waals surface area (Å²) >= 11 is 3.61. The van der Waals surface area contributed by atoms with E-state index in [0.29, 0.717) is 0 Å². The fraction of sp³-hybridized carbons (Fsp3) is 0.760. The van der Waals surface area contributed by atoms with Crippen LogP contribution in [0.25, 0.3) is 0 Å². The molecule has 0 heterocycles. The Morgan fingerprint density at radius 1 is 0.630 bits per heavy atom. The van der Waals surface area contributed by atoms with Gasteiger partial charge in [0.2, 0.25) is 0 Å². The van der Waals surface area contributed by atoms with Crippen LogP contribution in [0.15, 0.2) is 30.3 Å². The van der Waals surface area contributed by atoms with Crippen molar-refractivity contribution in [2.24, 2.45) is 0 Å². The van der Waals surface area contributed by atoms with E-state index in [1.54, 1.807) is 0 Å². The molecular weight excluding hydrogens is 396 g/mol. The SMILES string of the molecule is CCCCCCCCCCCCCCCCCCOC(Br)c1ccccc1. The van der Waals surface area contributed by atoms with Gasteiger partial charge in [0.15, 0.2) is 0 Å². The van der Waals surface area contributed by atoms with Gasteiger partial charge < -0.3 is 4.74 Å². The zero-order chi connectivity index (χ0) is 19.4. The van der Waals surface area contributed by atoms with Crippen LogP contribution < -0.4 is 0 Å². The van der Waals surface area contributed by atoms with E-state index in [1.807, 2.05) is 6.07 Å². The van der Waals surface area contributed by atoms with Crippen LogP contribution in [0.1, 0.15) is 120 Å². The number of benzene rings is 1. The molecule has 0 bridgehead atoms. The lowest BCUT2D eigenvalue weighted by atomic mass is 10.0. The molecule has 0 aliphatic carbocycles. The van der Waals surface area contributed by atoms with E-state index in [0.717, 1.165) is 6.61 Å². The maximum absolute atomic E-state index is 5.86. The van der Waals surface area contributed by atoms with Gasteiger partial charge in [0.25, 0.3) is 0 Å². The molecule has 27 heavy (non-hydrogen) atoms. The van der Waals surface area contributed by atoms with Gasteiger partial charge in [-0.2, -0.15) is 0 Å². The van der Waals surface area contributed by atoms with E-state index < -0.39 is 0 Å². The van der Waals surface area contributed by atoms with Crippen molar-refractivity contribution in [2.45, 2.75) is 115 Å². The number of halogens is 1. The molecule has 1 rings (SSSR count). The highest BCUT2D eigenvalue weighted by atomic mass is 79.9. The minimum atomic E-state index is 0.0371. The van der Waals surface area contributed by atoms with E-state index in [-0.39, 0.29) is 5.01 Å². The molecule has 1 atom stereocenters. The highest BCUT2D eigenvalue weighted by molar-refractivity contribution is 9.09. The van der Waals surface area contributed by atoms with Crippen LogP contribution >= 0.6 is 15.9 Å². The molecule has 0 saturated heterocycles. The average molecular weight is 440 g/mol. The van der Waals surface area contributed by atoms with Crippen LogP contribution in [0.5, 0.6) is 0 Å². The van der Waals surface area contributed by atoms with Gasteiger partial charge in [-0.1, -0.05) is 149 Å². The van der Waals surface area contributed by atoms with Crippen molar-refractivity contribution < 1.29 is 4.74 Å². The zero-order valence-electron chi connectivity index (χ0n) is 17.8. The van der Waals surface area contributed by atoms with Gasteiger partial charge in [0, 0.05) is 6.61 Å². The van der Waals surface area contributed by atoms with Crippen LogP contribution in [0.2, 0.25) is 0 Å². The number of hydrogen-bond donors (Lipinski definition) is 0. The molecule has 0 aliphatic rings. The van der Waals surface area contributed by atoms with Gasteiger partial charge >= 0.3 is 0 Å². The monoisotopic (exact) mass is 438 g/mol. The minimum absolute atomic E-state index is 0.0371. The second-order valence-corrected chi connectivity index (χ2v) is 8.73. The highest BCUT2D eigenvalue weighted by Crippen LogP contribution is 2.24. The number of hydrogen-bond acceptors (Lipinski definition) is 1. The third kappa shape index (κ3) is 15.3. The van der Waals surface area contributed by atoms with Gasteiger partial charge in [-0.25, -0.2) is 0 Å². The molecule has 0 radical (unpaired) electrons. The first-order valence-electron chi connectivity index (χ1n) is 11.6. The van der Waals surface area contributed by atoms with E-state index in [1.165, 1.54) is 108 Å². The lowest BCUT2D eigenvalue weighted by Gasteiger charge is -2.11. The van der Waals surface area contributed by atoms with Crippen molar-refractivity contribution in [2.75, 3.05) is 6.61 Å². The summed E-state index contributed by atoms with van der Waals surface area (Å²) in [4.78, 5) is 0. The Hall–Kier alpha value is -0.340. The van der Waals surface area contributed by atoms with E-state index >= 15 is 0 Å². The molecule has 1 unspecified atom stereocenters. The lowest BCUT2D eigenvalue weighted by Crippen LogP contribution is -1.98. The molecule has 1 aromatic rings. The molecule has 1 aromatic carbocycles.